The molecule has 0 aromatic heterocycles. The summed E-state index contributed by atoms with van der Waals surface area (Å²) in [7, 11) is 0. The Morgan fingerprint density at radius 1 is 1.25 bits per heavy atom. The lowest BCUT2D eigenvalue weighted by molar-refractivity contribution is 0.275. The second-order valence-corrected chi connectivity index (χ2v) is 4.34. The fraction of sp³-hybridized carbons (Fsp3) is 0.818. The first-order chi connectivity index (χ1) is 5.48. The van der Waals surface area contributed by atoms with Crippen molar-refractivity contribution >= 4 is 0 Å². The van der Waals surface area contributed by atoms with Gasteiger partial charge < -0.3 is 5.11 Å². The highest BCUT2D eigenvalue weighted by Crippen LogP contribution is 2.23. The number of hydrogen-bond donors (Lipinski definition) is 1. The molecule has 0 amide bonds. The Kier molecular flexibility index (Phi) is 5.03. The maximum atomic E-state index is 9.55. The van der Waals surface area contributed by atoms with Crippen molar-refractivity contribution in [3.63, 3.8) is 0 Å². The van der Waals surface area contributed by atoms with Crippen molar-refractivity contribution in [1.82, 2.24) is 0 Å². The molecule has 0 spiro atoms. The van der Waals surface area contributed by atoms with Crippen molar-refractivity contribution in [2.24, 2.45) is 5.41 Å². The van der Waals surface area contributed by atoms with Gasteiger partial charge in [0.15, 0.2) is 0 Å². The summed E-state index contributed by atoms with van der Waals surface area (Å²) in [5.74, 6) is 0.526. The molecule has 0 aromatic rings. The summed E-state index contributed by atoms with van der Waals surface area (Å²) in [4.78, 5) is 0. The normalized spacial score (nSPS) is 13.5. The minimum absolute atomic E-state index is 0.0772. The third-order valence-electron chi connectivity index (χ3n) is 1.91. The Balaban J connectivity index is 3.70. The molecule has 0 saturated heterocycles. The summed E-state index contributed by atoms with van der Waals surface area (Å²) in [5, 5.41) is 9.55. The molecular weight excluding hydrogens is 148 g/mol. The van der Waals surface area contributed by atoms with Crippen LogP contribution in [0.2, 0.25) is 0 Å². The van der Waals surface area contributed by atoms with Gasteiger partial charge in [-0.05, 0) is 18.9 Å². The summed E-state index contributed by atoms with van der Waals surface area (Å²) in [5.41, 5.74) is -0.0772. The molecule has 1 heteroatoms. The summed E-state index contributed by atoms with van der Waals surface area (Å²) < 4.78 is 0. The minimum atomic E-state index is -0.0772. The molecular formula is C11H22O. The number of rotatable bonds is 4. The van der Waals surface area contributed by atoms with Crippen LogP contribution in [0, 0.1) is 5.41 Å². The smallest absolute Gasteiger partial charge is 0.0936 e. The largest absolute Gasteiger partial charge is 0.512 e. The quantitative estimate of drug-likeness (QED) is 0.498. The maximum Gasteiger partial charge on any atom is 0.0936 e. The van der Waals surface area contributed by atoms with E-state index in [1.54, 1.807) is 0 Å². The highest BCUT2D eigenvalue weighted by Gasteiger charge is 2.14. The van der Waals surface area contributed by atoms with E-state index < -0.39 is 0 Å². The summed E-state index contributed by atoms with van der Waals surface area (Å²) in [6.45, 7) is 8.27. The number of aliphatic hydroxyl groups is 1. The molecule has 12 heavy (non-hydrogen) atoms. The summed E-state index contributed by atoms with van der Waals surface area (Å²) >= 11 is 0. The molecule has 0 fully saturated rings. The summed E-state index contributed by atoms with van der Waals surface area (Å²) in [6.07, 6.45) is 6.65. The first kappa shape index (κ1) is 11.5. The molecule has 0 aromatic carbocycles. The van der Waals surface area contributed by atoms with Gasteiger partial charge in [0, 0.05) is 5.41 Å². The molecule has 0 saturated carbocycles. The van der Waals surface area contributed by atoms with E-state index in [1.165, 1.54) is 19.3 Å². The van der Waals surface area contributed by atoms with Crippen molar-refractivity contribution < 1.29 is 5.11 Å². The van der Waals surface area contributed by atoms with Crippen molar-refractivity contribution in [2.45, 2.75) is 53.4 Å². The van der Waals surface area contributed by atoms with Crippen LogP contribution in [0.5, 0.6) is 0 Å². The molecule has 72 valence electrons. The molecule has 0 rings (SSSR count). The van der Waals surface area contributed by atoms with Crippen LogP contribution in [-0.4, -0.2) is 5.11 Å². The molecule has 0 atom stereocenters. The number of allylic oxidation sites excluding steroid dienone is 2. The maximum absolute atomic E-state index is 9.55. The zero-order valence-electron chi connectivity index (χ0n) is 8.85. The van der Waals surface area contributed by atoms with Gasteiger partial charge in [0.25, 0.3) is 0 Å². The fourth-order valence-corrected chi connectivity index (χ4v) is 0.939. The van der Waals surface area contributed by atoms with Crippen LogP contribution in [0.25, 0.3) is 0 Å². The molecule has 0 aliphatic rings. The van der Waals surface area contributed by atoms with E-state index >= 15 is 0 Å². The molecule has 0 aliphatic heterocycles. The Labute approximate surface area is 76.5 Å². The standard InChI is InChI=1S/C11H22O/c1-5-6-7-8-9-10(12)11(2,3)4/h9,12H,5-8H2,1-4H3/b10-9-. The third kappa shape index (κ3) is 5.22. The second kappa shape index (κ2) is 5.23. The van der Waals surface area contributed by atoms with Crippen LogP contribution in [0.15, 0.2) is 11.8 Å². The van der Waals surface area contributed by atoms with Gasteiger partial charge in [0.2, 0.25) is 0 Å². The molecule has 1 N–H and O–H groups in total. The van der Waals surface area contributed by atoms with Crippen molar-refractivity contribution in [3.8, 4) is 0 Å². The lowest BCUT2D eigenvalue weighted by Crippen LogP contribution is -2.08. The third-order valence-corrected chi connectivity index (χ3v) is 1.91. The predicted octanol–water partition coefficient (Wildman–Crippen LogP) is 4.05. The lowest BCUT2D eigenvalue weighted by Gasteiger charge is -2.17. The highest BCUT2D eigenvalue weighted by molar-refractivity contribution is 5.00. The lowest BCUT2D eigenvalue weighted by atomic mass is 9.93. The second-order valence-electron chi connectivity index (χ2n) is 4.34. The Bertz CT molecular complexity index is 140. The van der Waals surface area contributed by atoms with E-state index in [-0.39, 0.29) is 5.41 Å². The van der Waals surface area contributed by atoms with Crippen LogP contribution >= 0.6 is 0 Å². The van der Waals surface area contributed by atoms with Crippen molar-refractivity contribution in [1.29, 1.82) is 0 Å². The summed E-state index contributed by atoms with van der Waals surface area (Å²) in [6, 6.07) is 0. The van der Waals surface area contributed by atoms with E-state index in [0.717, 1.165) is 6.42 Å². The van der Waals surface area contributed by atoms with Gasteiger partial charge in [-0.15, -0.1) is 0 Å². The number of hydrogen-bond acceptors (Lipinski definition) is 1. The van der Waals surface area contributed by atoms with Crippen LogP contribution in [-0.2, 0) is 0 Å². The number of unbranched alkanes of at least 4 members (excludes halogenated alkanes) is 3. The van der Waals surface area contributed by atoms with Crippen LogP contribution in [0.3, 0.4) is 0 Å². The van der Waals surface area contributed by atoms with Gasteiger partial charge in [0.05, 0.1) is 5.76 Å². The SMILES string of the molecule is CCCCC/C=C(\O)C(C)(C)C. The fourth-order valence-electron chi connectivity index (χ4n) is 0.939. The monoisotopic (exact) mass is 170 g/mol. The minimum Gasteiger partial charge on any atom is -0.512 e. The average Bonchev–Trinajstić information content (AvgIpc) is 1.96. The van der Waals surface area contributed by atoms with Gasteiger partial charge in [-0.1, -0.05) is 40.5 Å². The van der Waals surface area contributed by atoms with Crippen molar-refractivity contribution in [3.05, 3.63) is 11.8 Å². The zero-order chi connectivity index (χ0) is 9.61. The molecule has 1 nitrogen and oxygen atoms in total. The number of aliphatic hydroxyl groups excluding tert-OH is 1. The van der Waals surface area contributed by atoms with E-state index in [1.807, 2.05) is 26.8 Å². The first-order valence-electron chi connectivity index (χ1n) is 4.88. The molecule has 0 bridgehead atoms. The topological polar surface area (TPSA) is 20.2 Å². The molecule has 0 aliphatic carbocycles. The van der Waals surface area contributed by atoms with Crippen molar-refractivity contribution in [2.75, 3.05) is 0 Å². The van der Waals surface area contributed by atoms with E-state index in [2.05, 4.69) is 6.92 Å². The average molecular weight is 170 g/mol. The Hall–Kier alpha value is -0.460. The van der Waals surface area contributed by atoms with E-state index in [9.17, 15) is 5.11 Å². The first-order valence-corrected chi connectivity index (χ1v) is 4.88. The molecule has 0 radical (unpaired) electrons. The van der Waals surface area contributed by atoms with Gasteiger partial charge >= 0.3 is 0 Å². The van der Waals surface area contributed by atoms with E-state index in [4.69, 9.17) is 0 Å². The molecule has 0 unspecified atom stereocenters. The van der Waals surface area contributed by atoms with Crippen LogP contribution < -0.4 is 0 Å². The van der Waals surface area contributed by atoms with E-state index in [0.29, 0.717) is 5.76 Å². The van der Waals surface area contributed by atoms with Gasteiger partial charge in [-0.3, -0.25) is 0 Å². The predicted molar refractivity (Wildman–Crippen MR) is 54.3 cm³/mol. The Morgan fingerprint density at radius 3 is 2.25 bits per heavy atom. The van der Waals surface area contributed by atoms with Gasteiger partial charge in [-0.25, -0.2) is 0 Å². The van der Waals surface area contributed by atoms with Crippen LogP contribution in [0.1, 0.15) is 53.4 Å². The highest BCUT2D eigenvalue weighted by atomic mass is 16.3. The Morgan fingerprint density at radius 2 is 1.83 bits per heavy atom. The molecule has 0 heterocycles. The van der Waals surface area contributed by atoms with Gasteiger partial charge in [0.1, 0.15) is 0 Å². The van der Waals surface area contributed by atoms with Crippen LogP contribution in [0.4, 0.5) is 0 Å². The zero-order valence-corrected chi connectivity index (χ0v) is 8.85. The van der Waals surface area contributed by atoms with Gasteiger partial charge in [-0.2, -0.15) is 0 Å².